The van der Waals surface area contributed by atoms with Crippen LogP contribution in [0.1, 0.15) is 15.9 Å². The van der Waals surface area contributed by atoms with E-state index in [0.29, 0.717) is 11.3 Å². The van der Waals surface area contributed by atoms with Crippen LogP contribution >= 0.6 is 0 Å². The van der Waals surface area contributed by atoms with Crippen LogP contribution in [0.4, 0.5) is 5.69 Å². The lowest BCUT2D eigenvalue weighted by Crippen LogP contribution is -2.27. The standard InChI is InChI=1S/C13H10N4O/c1-17(11-3-2-5-15-8-11)13(18)12-9-16-6-4-10(12)7-14/h2-6,8-9H,1H3. The number of aromatic nitrogens is 2. The van der Waals surface area contributed by atoms with Gasteiger partial charge in [-0.05, 0) is 18.2 Å². The minimum Gasteiger partial charge on any atom is -0.310 e. The number of nitrogens with zero attached hydrogens (tertiary/aromatic N) is 4. The third-order valence-corrected chi connectivity index (χ3v) is 2.51. The van der Waals surface area contributed by atoms with Crippen LogP contribution in [-0.2, 0) is 0 Å². The normalized spacial score (nSPS) is 9.56. The SMILES string of the molecule is CN(C(=O)c1cnccc1C#N)c1cccnc1. The van der Waals surface area contributed by atoms with Crippen molar-refractivity contribution in [1.29, 1.82) is 5.26 Å². The van der Waals surface area contributed by atoms with Crippen molar-refractivity contribution in [2.45, 2.75) is 0 Å². The van der Waals surface area contributed by atoms with Crippen LogP contribution in [0.15, 0.2) is 43.0 Å². The molecule has 0 aliphatic heterocycles. The van der Waals surface area contributed by atoms with E-state index in [-0.39, 0.29) is 11.5 Å². The molecule has 0 radical (unpaired) electrons. The monoisotopic (exact) mass is 238 g/mol. The molecule has 0 spiro atoms. The van der Waals surface area contributed by atoms with E-state index >= 15 is 0 Å². The van der Waals surface area contributed by atoms with Crippen molar-refractivity contribution in [3.8, 4) is 6.07 Å². The summed E-state index contributed by atoms with van der Waals surface area (Å²) >= 11 is 0. The summed E-state index contributed by atoms with van der Waals surface area (Å²) in [5.74, 6) is -0.285. The first-order chi connectivity index (χ1) is 8.74. The molecular formula is C13H10N4O. The molecule has 0 aliphatic carbocycles. The lowest BCUT2D eigenvalue weighted by atomic mass is 10.1. The van der Waals surface area contributed by atoms with E-state index in [1.807, 2.05) is 6.07 Å². The maximum Gasteiger partial charge on any atom is 0.260 e. The molecule has 2 aromatic rings. The quantitative estimate of drug-likeness (QED) is 0.797. The Balaban J connectivity index is 2.35. The van der Waals surface area contributed by atoms with Gasteiger partial charge in [-0.25, -0.2) is 0 Å². The predicted octanol–water partition coefficient (Wildman–Crippen LogP) is 1.62. The number of hydrogen-bond acceptors (Lipinski definition) is 4. The first-order valence-electron chi connectivity index (χ1n) is 5.26. The maximum absolute atomic E-state index is 12.2. The Hall–Kier alpha value is -2.74. The fourth-order valence-electron chi connectivity index (χ4n) is 1.51. The van der Waals surface area contributed by atoms with E-state index in [1.54, 1.807) is 31.6 Å². The van der Waals surface area contributed by atoms with Crippen LogP contribution in [0.3, 0.4) is 0 Å². The number of anilines is 1. The average Bonchev–Trinajstić information content (AvgIpc) is 2.46. The number of carbonyl (C=O) groups excluding carboxylic acids is 1. The lowest BCUT2D eigenvalue weighted by molar-refractivity contribution is 0.0992. The molecule has 1 amide bonds. The second-order valence-electron chi connectivity index (χ2n) is 3.61. The van der Waals surface area contributed by atoms with Crippen molar-refractivity contribution in [3.05, 3.63) is 54.1 Å². The summed E-state index contributed by atoms with van der Waals surface area (Å²) < 4.78 is 0. The van der Waals surface area contributed by atoms with Gasteiger partial charge >= 0.3 is 0 Å². The fraction of sp³-hybridized carbons (Fsp3) is 0.0769. The van der Waals surface area contributed by atoms with Gasteiger partial charge in [0.05, 0.1) is 23.0 Å². The van der Waals surface area contributed by atoms with Crippen LogP contribution in [0.5, 0.6) is 0 Å². The largest absolute Gasteiger partial charge is 0.310 e. The molecule has 5 heteroatoms. The Kier molecular flexibility index (Phi) is 3.30. The second kappa shape index (κ2) is 5.06. The predicted molar refractivity (Wildman–Crippen MR) is 65.9 cm³/mol. The van der Waals surface area contributed by atoms with Crippen LogP contribution in [0.2, 0.25) is 0 Å². The third kappa shape index (κ3) is 2.18. The fourth-order valence-corrected chi connectivity index (χ4v) is 1.51. The minimum absolute atomic E-state index is 0.284. The van der Waals surface area contributed by atoms with E-state index in [9.17, 15) is 4.79 Å². The van der Waals surface area contributed by atoms with Crippen molar-refractivity contribution in [2.75, 3.05) is 11.9 Å². The number of carbonyl (C=O) groups is 1. The van der Waals surface area contributed by atoms with Crippen molar-refractivity contribution >= 4 is 11.6 Å². The van der Waals surface area contributed by atoms with Crippen molar-refractivity contribution < 1.29 is 4.79 Å². The van der Waals surface area contributed by atoms with Crippen molar-refractivity contribution in [1.82, 2.24) is 9.97 Å². The Labute approximate surface area is 104 Å². The first kappa shape index (κ1) is 11.7. The zero-order valence-corrected chi connectivity index (χ0v) is 9.74. The molecule has 88 valence electrons. The number of amides is 1. The molecule has 0 aromatic carbocycles. The molecule has 0 fully saturated rings. The zero-order chi connectivity index (χ0) is 13.0. The van der Waals surface area contributed by atoms with Crippen LogP contribution in [0.25, 0.3) is 0 Å². The van der Waals surface area contributed by atoms with Gasteiger partial charge in [0.25, 0.3) is 5.91 Å². The lowest BCUT2D eigenvalue weighted by Gasteiger charge is -2.16. The molecule has 0 N–H and O–H groups in total. The van der Waals surface area contributed by atoms with E-state index in [0.717, 1.165) is 0 Å². The molecule has 0 saturated carbocycles. The van der Waals surface area contributed by atoms with Crippen LogP contribution in [0, 0.1) is 11.3 Å². The van der Waals surface area contributed by atoms with Gasteiger partial charge in [-0.1, -0.05) is 0 Å². The summed E-state index contributed by atoms with van der Waals surface area (Å²) in [5.41, 5.74) is 1.26. The Morgan fingerprint density at radius 2 is 2.06 bits per heavy atom. The molecule has 0 bridgehead atoms. The highest BCUT2D eigenvalue weighted by Crippen LogP contribution is 2.15. The van der Waals surface area contributed by atoms with E-state index < -0.39 is 0 Å². The summed E-state index contributed by atoms with van der Waals surface area (Å²) in [5, 5.41) is 8.96. The Morgan fingerprint density at radius 1 is 1.28 bits per heavy atom. The highest BCUT2D eigenvalue weighted by Gasteiger charge is 2.17. The molecule has 2 aromatic heterocycles. The summed E-state index contributed by atoms with van der Waals surface area (Å²) in [6.07, 6.45) is 6.10. The molecular weight excluding hydrogens is 228 g/mol. The summed E-state index contributed by atoms with van der Waals surface area (Å²) in [7, 11) is 1.63. The Bertz CT molecular complexity index is 604. The van der Waals surface area contributed by atoms with Gasteiger partial charge in [0.15, 0.2) is 0 Å². The van der Waals surface area contributed by atoms with E-state index in [4.69, 9.17) is 5.26 Å². The molecule has 5 nitrogen and oxygen atoms in total. The molecule has 0 saturated heterocycles. The van der Waals surface area contributed by atoms with Gasteiger partial charge in [0.1, 0.15) is 6.07 Å². The van der Waals surface area contributed by atoms with Gasteiger partial charge in [-0.15, -0.1) is 0 Å². The molecule has 18 heavy (non-hydrogen) atoms. The van der Waals surface area contributed by atoms with Gasteiger partial charge in [-0.2, -0.15) is 5.26 Å². The topological polar surface area (TPSA) is 69.9 Å². The summed E-state index contributed by atoms with van der Waals surface area (Å²) in [6, 6.07) is 7.01. The zero-order valence-electron chi connectivity index (χ0n) is 9.74. The second-order valence-corrected chi connectivity index (χ2v) is 3.61. The number of pyridine rings is 2. The van der Waals surface area contributed by atoms with Gasteiger partial charge < -0.3 is 4.90 Å². The smallest absolute Gasteiger partial charge is 0.260 e. The number of hydrogen-bond donors (Lipinski definition) is 0. The molecule has 2 heterocycles. The Morgan fingerprint density at radius 3 is 2.72 bits per heavy atom. The van der Waals surface area contributed by atoms with Gasteiger partial charge in [0.2, 0.25) is 0 Å². The number of rotatable bonds is 2. The highest BCUT2D eigenvalue weighted by atomic mass is 16.2. The first-order valence-corrected chi connectivity index (χ1v) is 5.26. The third-order valence-electron chi connectivity index (χ3n) is 2.51. The molecule has 2 rings (SSSR count). The molecule has 0 aliphatic rings. The molecule has 0 atom stereocenters. The van der Waals surface area contributed by atoms with Crippen LogP contribution < -0.4 is 4.90 Å². The van der Waals surface area contributed by atoms with Crippen molar-refractivity contribution in [2.24, 2.45) is 0 Å². The van der Waals surface area contributed by atoms with E-state index in [1.165, 1.54) is 23.4 Å². The summed E-state index contributed by atoms with van der Waals surface area (Å²) in [4.78, 5) is 21.5. The van der Waals surface area contributed by atoms with Crippen LogP contribution in [-0.4, -0.2) is 22.9 Å². The minimum atomic E-state index is -0.285. The average molecular weight is 238 g/mol. The maximum atomic E-state index is 12.2. The van der Waals surface area contributed by atoms with Gasteiger partial charge in [-0.3, -0.25) is 14.8 Å². The summed E-state index contributed by atoms with van der Waals surface area (Å²) in [6.45, 7) is 0. The highest BCUT2D eigenvalue weighted by molar-refractivity contribution is 6.06. The van der Waals surface area contributed by atoms with Crippen molar-refractivity contribution in [3.63, 3.8) is 0 Å². The van der Waals surface area contributed by atoms with Gasteiger partial charge in [0, 0.05) is 25.6 Å². The number of nitriles is 1. The molecule has 0 unspecified atom stereocenters. The van der Waals surface area contributed by atoms with E-state index in [2.05, 4.69) is 9.97 Å².